The van der Waals surface area contributed by atoms with Gasteiger partial charge in [-0.2, -0.15) is 0 Å². The van der Waals surface area contributed by atoms with Crippen molar-refractivity contribution in [2.45, 2.75) is 6.54 Å². The molecule has 0 aliphatic heterocycles. The van der Waals surface area contributed by atoms with Crippen LogP contribution in [0.2, 0.25) is 0 Å². The molecule has 2 aromatic rings. The van der Waals surface area contributed by atoms with E-state index in [1.807, 2.05) is 0 Å². The molecule has 0 saturated heterocycles. The van der Waals surface area contributed by atoms with Crippen LogP contribution in [0.4, 0.5) is 0 Å². The molecule has 0 aliphatic carbocycles. The summed E-state index contributed by atoms with van der Waals surface area (Å²) in [7, 11) is 0. The first-order chi connectivity index (χ1) is 8.15. The van der Waals surface area contributed by atoms with E-state index in [1.54, 1.807) is 24.3 Å². The summed E-state index contributed by atoms with van der Waals surface area (Å²) in [6.45, 7) is 0.326. The fourth-order valence-electron chi connectivity index (χ4n) is 1.35. The van der Waals surface area contributed by atoms with Gasteiger partial charge in [0.05, 0.1) is 0 Å². The van der Waals surface area contributed by atoms with Gasteiger partial charge in [-0.15, -0.1) is 0 Å². The van der Waals surface area contributed by atoms with Crippen LogP contribution >= 0.6 is 0 Å². The number of aromatic hydroxyl groups is 1. The third-order valence-corrected chi connectivity index (χ3v) is 2.23. The van der Waals surface area contributed by atoms with Gasteiger partial charge in [-0.1, -0.05) is 12.1 Å². The molecule has 0 spiro atoms. The molecule has 6 heteroatoms. The smallest absolute Gasteiger partial charge is 0.323 e. The van der Waals surface area contributed by atoms with E-state index in [9.17, 15) is 9.59 Å². The summed E-state index contributed by atoms with van der Waals surface area (Å²) in [6.07, 6.45) is 1.31. The Balaban J connectivity index is 1.96. The molecule has 0 fully saturated rings. The Labute approximate surface area is 96.3 Å². The Kier molecular flexibility index (Phi) is 2.95. The van der Waals surface area contributed by atoms with Crippen molar-refractivity contribution in [3.05, 3.63) is 52.2 Å². The standard InChI is InChI=1S/C11H11N3O3/c15-8-3-1-7(2-4-8)5-12-10(16)9-6-13-11(17)14-9/h1-4,6,15H,5H2,(H,12,16)(H2,13,14,17). The van der Waals surface area contributed by atoms with Crippen LogP contribution in [0.5, 0.6) is 5.75 Å². The van der Waals surface area contributed by atoms with Gasteiger partial charge in [0, 0.05) is 12.7 Å². The van der Waals surface area contributed by atoms with Gasteiger partial charge in [-0.3, -0.25) is 4.79 Å². The minimum atomic E-state index is -0.417. The van der Waals surface area contributed by atoms with Gasteiger partial charge in [-0.25, -0.2) is 4.79 Å². The third-order valence-electron chi connectivity index (χ3n) is 2.23. The zero-order valence-corrected chi connectivity index (χ0v) is 8.86. The molecule has 1 amide bonds. The minimum Gasteiger partial charge on any atom is -0.508 e. The summed E-state index contributed by atoms with van der Waals surface area (Å²) in [4.78, 5) is 27.0. The Morgan fingerprint density at radius 2 is 2.00 bits per heavy atom. The number of aromatic nitrogens is 2. The van der Waals surface area contributed by atoms with Crippen LogP contribution in [-0.2, 0) is 6.54 Å². The summed E-state index contributed by atoms with van der Waals surface area (Å²) in [5.41, 5.74) is 0.627. The number of carbonyl (C=O) groups is 1. The highest BCUT2D eigenvalue weighted by Crippen LogP contribution is 2.09. The molecule has 6 nitrogen and oxygen atoms in total. The number of nitrogens with one attached hydrogen (secondary N) is 3. The number of benzene rings is 1. The van der Waals surface area contributed by atoms with E-state index in [4.69, 9.17) is 5.11 Å². The lowest BCUT2D eigenvalue weighted by Crippen LogP contribution is -2.23. The van der Waals surface area contributed by atoms with Crippen molar-refractivity contribution < 1.29 is 9.90 Å². The van der Waals surface area contributed by atoms with Gasteiger partial charge < -0.3 is 20.4 Å². The Hall–Kier alpha value is -2.50. The van der Waals surface area contributed by atoms with Crippen LogP contribution in [0.15, 0.2) is 35.3 Å². The molecule has 1 aromatic heterocycles. The molecular weight excluding hydrogens is 222 g/mol. The molecule has 88 valence electrons. The van der Waals surface area contributed by atoms with Crippen LogP contribution in [-0.4, -0.2) is 21.0 Å². The van der Waals surface area contributed by atoms with Crippen LogP contribution in [0.1, 0.15) is 16.1 Å². The number of imidazole rings is 1. The van der Waals surface area contributed by atoms with Gasteiger partial charge in [0.1, 0.15) is 11.4 Å². The van der Waals surface area contributed by atoms with Crippen molar-refractivity contribution in [1.82, 2.24) is 15.3 Å². The SMILES string of the molecule is O=C(NCc1ccc(O)cc1)c1c[nH]c(=O)[nH]1. The Morgan fingerprint density at radius 1 is 1.29 bits per heavy atom. The molecule has 0 atom stereocenters. The van der Waals surface area contributed by atoms with Crippen molar-refractivity contribution in [2.75, 3.05) is 0 Å². The Morgan fingerprint density at radius 3 is 2.59 bits per heavy atom. The molecule has 2 rings (SSSR count). The lowest BCUT2D eigenvalue weighted by Gasteiger charge is -2.03. The second-order valence-electron chi connectivity index (χ2n) is 3.51. The lowest BCUT2D eigenvalue weighted by atomic mass is 10.2. The van der Waals surface area contributed by atoms with E-state index in [0.717, 1.165) is 5.56 Å². The Bertz CT molecular complexity index is 568. The zero-order chi connectivity index (χ0) is 12.3. The van der Waals surface area contributed by atoms with Gasteiger partial charge in [0.15, 0.2) is 0 Å². The first-order valence-corrected chi connectivity index (χ1v) is 4.99. The quantitative estimate of drug-likeness (QED) is 0.615. The molecular formula is C11H11N3O3. The maximum atomic E-state index is 11.5. The van der Waals surface area contributed by atoms with E-state index < -0.39 is 5.69 Å². The van der Waals surface area contributed by atoms with Crippen LogP contribution in [0, 0.1) is 0 Å². The van der Waals surface area contributed by atoms with Gasteiger partial charge in [0.25, 0.3) is 5.91 Å². The molecule has 4 N–H and O–H groups in total. The highest BCUT2D eigenvalue weighted by atomic mass is 16.3. The average molecular weight is 233 g/mol. The first-order valence-electron chi connectivity index (χ1n) is 4.99. The molecule has 0 radical (unpaired) electrons. The lowest BCUT2D eigenvalue weighted by molar-refractivity contribution is 0.0946. The molecule has 1 heterocycles. The number of carbonyl (C=O) groups excluding carboxylic acids is 1. The van der Waals surface area contributed by atoms with Crippen LogP contribution in [0.25, 0.3) is 0 Å². The molecule has 0 unspecified atom stereocenters. The predicted octanol–water partition coefficient (Wildman–Crippen LogP) is 0.339. The van der Waals surface area contributed by atoms with E-state index in [2.05, 4.69) is 15.3 Å². The van der Waals surface area contributed by atoms with Crippen LogP contribution in [0.3, 0.4) is 0 Å². The fraction of sp³-hybridized carbons (Fsp3) is 0.0909. The third kappa shape index (κ3) is 2.75. The average Bonchev–Trinajstić information content (AvgIpc) is 2.75. The number of aromatic amines is 2. The summed E-state index contributed by atoms with van der Waals surface area (Å²) in [5.74, 6) is -0.188. The zero-order valence-electron chi connectivity index (χ0n) is 8.86. The normalized spacial score (nSPS) is 10.1. The fourth-order valence-corrected chi connectivity index (χ4v) is 1.35. The maximum absolute atomic E-state index is 11.5. The summed E-state index contributed by atoms with van der Waals surface area (Å²) >= 11 is 0. The van der Waals surface area contributed by atoms with Gasteiger partial charge in [0.2, 0.25) is 0 Å². The summed E-state index contributed by atoms with van der Waals surface area (Å²) < 4.78 is 0. The molecule has 17 heavy (non-hydrogen) atoms. The second kappa shape index (κ2) is 4.56. The summed E-state index contributed by atoms with van der Waals surface area (Å²) in [5, 5.41) is 11.7. The number of rotatable bonds is 3. The highest BCUT2D eigenvalue weighted by Gasteiger charge is 2.06. The number of amides is 1. The second-order valence-corrected chi connectivity index (χ2v) is 3.51. The first kappa shape index (κ1) is 11.0. The monoisotopic (exact) mass is 233 g/mol. The number of phenols is 1. The highest BCUT2D eigenvalue weighted by molar-refractivity contribution is 5.91. The van der Waals surface area contributed by atoms with E-state index in [-0.39, 0.29) is 17.4 Å². The maximum Gasteiger partial charge on any atom is 0.323 e. The molecule has 0 saturated carbocycles. The minimum absolute atomic E-state index is 0.176. The van der Waals surface area contributed by atoms with Crippen molar-refractivity contribution in [3.8, 4) is 5.75 Å². The molecule has 1 aromatic carbocycles. The summed E-state index contributed by atoms with van der Waals surface area (Å²) in [6, 6.07) is 6.49. The largest absolute Gasteiger partial charge is 0.508 e. The van der Waals surface area contributed by atoms with Crippen molar-refractivity contribution >= 4 is 5.91 Å². The molecule has 0 bridgehead atoms. The molecule has 0 aliphatic rings. The van der Waals surface area contributed by atoms with Crippen molar-refractivity contribution in [1.29, 1.82) is 0 Å². The number of H-pyrrole nitrogens is 2. The van der Waals surface area contributed by atoms with E-state index in [1.165, 1.54) is 6.20 Å². The van der Waals surface area contributed by atoms with E-state index >= 15 is 0 Å². The van der Waals surface area contributed by atoms with Crippen molar-refractivity contribution in [3.63, 3.8) is 0 Å². The number of hydrogen-bond donors (Lipinski definition) is 4. The van der Waals surface area contributed by atoms with Crippen LogP contribution < -0.4 is 11.0 Å². The topological polar surface area (TPSA) is 98.0 Å². The number of hydrogen-bond acceptors (Lipinski definition) is 3. The van der Waals surface area contributed by atoms with Gasteiger partial charge >= 0.3 is 5.69 Å². The van der Waals surface area contributed by atoms with Crippen molar-refractivity contribution in [2.24, 2.45) is 0 Å². The van der Waals surface area contributed by atoms with E-state index in [0.29, 0.717) is 6.54 Å². The number of phenolic OH excluding ortho intramolecular Hbond substituents is 1. The van der Waals surface area contributed by atoms with Gasteiger partial charge in [-0.05, 0) is 17.7 Å². The predicted molar refractivity (Wildman–Crippen MR) is 60.7 cm³/mol.